The van der Waals surface area contributed by atoms with Crippen molar-refractivity contribution in [1.29, 1.82) is 0 Å². The Hall–Kier alpha value is -1.04. The molecule has 0 radical (unpaired) electrons. The number of aromatic nitrogens is 2. The van der Waals surface area contributed by atoms with Crippen LogP contribution < -0.4 is 5.73 Å². The zero-order valence-corrected chi connectivity index (χ0v) is 5.47. The lowest BCUT2D eigenvalue weighted by Gasteiger charge is -2.09. The van der Waals surface area contributed by atoms with Crippen LogP contribution in [0.1, 0.15) is 5.69 Å². The highest BCUT2D eigenvalue weighted by Gasteiger charge is 2.31. The summed E-state index contributed by atoms with van der Waals surface area (Å²) in [6.45, 7) is -0.167. The predicted octanol–water partition coefficient (Wildman–Crippen LogP) is 0.818. The molecule has 0 aliphatic rings. The van der Waals surface area contributed by atoms with Crippen LogP contribution in [-0.2, 0) is 12.8 Å². The summed E-state index contributed by atoms with van der Waals surface area (Å²) in [7, 11) is 0. The first-order valence-electron chi connectivity index (χ1n) is 2.84. The third-order valence-corrected chi connectivity index (χ3v) is 1.20. The van der Waals surface area contributed by atoms with Crippen LogP contribution in [-0.4, -0.2) is 9.55 Å². The maximum Gasteiger partial charge on any atom is 0.489 e. The second-order valence-electron chi connectivity index (χ2n) is 1.93. The summed E-state index contributed by atoms with van der Waals surface area (Å²) >= 11 is 0. The maximum absolute atomic E-state index is 11.9. The quantitative estimate of drug-likeness (QED) is 0.669. The van der Waals surface area contributed by atoms with Gasteiger partial charge in [-0.1, -0.05) is 0 Å². The zero-order valence-electron chi connectivity index (χ0n) is 5.47. The Labute approximate surface area is 60.6 Å². The molecule has 2 N–H and O–H groups in total. The van der Waals surface area contributed by atoms with Crippen molar-refractivity contribution >= 4 is 0 Å². The van der Waals surface area contributed by atoms with Crippen molar-refractivity contribution in [2.45, 2.75) is 12.8 Å². The minimum Gasteiger partial charge on any atom is -0.325 e. The van der Waals surface area contributed by atoms with Crippen molar-refractivity contribution < 1.29 is 13.2 Å². The minimum atomic E-state index is -4.41. The van der Waals surface area contributed by atoms with Crippen molar-refractivity contribution in [2.24, 2.45) is 5.73 Å². The van der Waals surface area contributed by atoms with Crippen LogP contribution in [0.15, 0.2) is 12.5 Å². The van der Waals surface area contributed by atoms with Gasteiger partial charge in [0.1, 0.15) is 6.33 Å². The molecule has 0 spiro atoms. The lowest BCUT2D eigenvalue weighted by Crippen LogP contribution is -2.19. The molecule has 0 aromatic carbocycles. The van der Waals surface area contributed by atoms with E-state index in [-0.39, 0.29) is 16.8 Å². The van der Waals surface area contributed by atoms with Crippen molar-refractivity contribution in [3.63, 3.8) is 0 Å². The van der Waals surface area contributed by atoms with Crippen molar-refractivity contribution in [1.82, 2.24) is 9.55 Å². The summed E-state index contributed by atoms with van der Waals surface area (Å²) in [5, 5.41) is 0. The first kappa shape index (κ1) is 8.06. The molecule has 6 heteroatoms. The molecule has 0 aliphatic carbocycles. The molecular weight excluding hydrogens is 159 g/mol. The van der Waals surface area contributed by atoms with E-state index in [9.17, 15) is 13.2 Å². The van der Waals surface area contributed by atoms with E-state index in [0.717, 1.165) is 6.20 Å². The van der Waals surface area contributed by atoms with Gasteiger partial charge < -0.3 is 5.73 Å². The van der Waals surface area contributed by atoms with E-state index in [4.69, 9.17) is 5.73 Å². The van der Waals surface area contributed by atoms with Crippen LogP contribution >= 0.6 is 0 Å². The van der Waals surface area contributed by atoms with E-state index < -0.39 is 6.30 Å². The SMILES string of the molecule is NCc1cncn1C(F)(F)F. The van der Waals surface area contributed by atoms with Gasteiger partial charge in [-0.3, -0.25) is 0 Å². The van der Waals surface area contributed by atoms with Gasteiger partial charge in [0.25, 0.3) is 0 Å². The van der Waals surface area contributed by atoms with Crippen molar-refractivity contribution in [3.8, 4) is 0 Å². The fraction of sp³-hybridized carbons (Fsp3) is 0.400. The van der Waals surface area contributed by atoms with Gasteiger partial charge in [-0.25, -0.2) is 9.55 Å². The zero-order chi connectivity index (χ0) is 8.48. The van der Waals surface area contributed by atoms with Crippen molar-refractivity contribution in [3.05, 3.63) is 18.2 Å². The Balaban J connectivity index is 3.02. The Kier molecular flexibility index (Phi) is 1.86. The molecule has 1 rings (SSSR count). The van der Waals surface area contributed by atoms with Gasteiger partial charge >= 0.3 is 6.30 Å². The average Bonchev–Trinajstić information content (AvgIpc) is 2.31. The first-order chi connectivity index (χ1) is 5.05. The average molecular weight is 165 g/mol. The molecule has 3 nitrogen and oxygen atoms in total. The topological polar surface area (TPSA) is 43.8 Å². The number of halogens is 3. The molecule has 0 amide bonds. The minimum absolute atomic E-state index is 0.0440. The normalized spacial score (nSPS) is 12.0. The van der Waals surface area contributed by atoms with Crippen LogP contribution in [0.3, 0.4) is 0 Å². The summed E-state index contributed by atoms with van der Waals surface area (Å²) in [4.78, 5) is 3.32. The van der Waals surface area contributed by atoms with Crippen LogP contribution in [0.4, 0.5) is 13.2 Å². The number of imidazole rings is 1. The smallest absolute Gasteiger partial charge is 0.325 e. The second-order valence-corrected chi connectivity index (χ2v) is 1.93. The summed E-state index contributed by atoms with van der Waals surface area (Å²) < 4.78 is 35.9. The van der Waals surface area contributed by atoms with E-state index in [2.05, 4.69) is 4.98 Å². The molecule has 11 heavy (non-hydrogen) atoms. The van der Waals surface area contributed by atoms with Gasteiger partial charge in [0.2, 0.25) is 0 Å². The Morgan fingerprint density at radius 3 is 2.55 bits per heavy atom. The molecular formula is C5H6F3N3. The molecule has 0 saturated carbocycles. The Morgan fingerprint density at radius 1 is 1.55 bits per heavy atom. The molecule has 62 valence electrons. The molecule has 0 unspecified atom stereocenters. The number of rotatable bonds is 1. The van der Waals surface area contributed by atoms with Gasteiger partial charge in [0.15, 0.2) is 0 Å². The van der Waals surface area contributed by atoms with Gasteiger partial charge in [0.05, 0.1) is 5.69 Å². The molecule has 0 atom stereocenters. The third kappa shape index (κ3) is 1.51. The highest BCUT2D eigenvalue weighted by molar-refractivity contribution is 4.98. The lowest BCUT2D eigenvalue weighted by atomic mass is 10.5. The predicted molar refractivity (Wildman–Crippen MR) is 31.4 cm³/mol. The first-order valence-corrected chi connectivity index (χ1v) is 2.84. The molecule has 0 saturated heterocycles. The van der Waals surface area contributed by atoms with E-state index in [1.54, 1.807) is 0 Å². The summed E-state index contributed by atoms with van der Waals surface area (Å²) in [5.41, 5.74) is 4.99. The van der Waals surface area contributed by atoms with Crippen LogP contribution in [0.5, 0.6) is 0 Å². The summed E-state index contributed by atoms with van der Waals surface area (Å²) in [6, 6.07) is 0. The number of nitrogens with zero attached hydrogens (tertiary/aromatic N) is 2. The van der Waals surface area contributed by atoms with Crippen LogP contribution in [0, 0.1) is 0 Å². The van der Waals surface area contributed by atoms with E-state index >= 15 is 0 Å². The highest BCUT2D eigenvalue weighted by Crippen LogP contribution is 2.23. The summed E-state index contributed by atoms with van der Waals surface area (Å²) in [5.74, 6) is 0. The van der Waals surface area contributed by atoms with Gasteiger partial charge in [-0.15, -0.1) is 13.2 Å². The molecule has 0 fully saturated rings. The molecule has 0 bridgehead atoms. The van der Waals surface area contributed by atoms with Gasteiger partial charge in [0, 0.05) is 12.7 Å². The van der Waals surface area contributed by atoms with E-state index in [1.165, 1.54) is 0 Å². The Bertz CT molecular complexity index is 239. The number of alkyl halides is 3. The Morgan fingerprint density at radius 2 is 2.18 bits per heavy atom. The van der Waals surface area contributed by atoms with E-state index in [1.807, 2.05) is 0 Å². The maximum atomic E-state index is 11.9. The largest absolute Gasteiger partial charge is 0.489 e. The fourth-order valence-electron chi connectivity index (χ4n) is 0.702. The van der Waals surface area contributed by atoms with Crippen LogP contribution in [0.2, 0.25) is 0 Å². The summed E-state index contributed by atoms with van der Waals surface area (Å²) in [6.07, 6.45) is -2.62. The molecule has 1 heterocycles. The molecule has 1 aromatic heterocycles. The number of hydrogen-bond acceptors (Lipinski definition) is 2. The molecule has 1 aromatic rings. The molecule has 0 aliphatic heterocycles. The lowest BCUT2D eigenvalue weighted by molar-refractivity contribution is -0.205. The van der Waals surface area contributed by atoms with Crippen LogP contribution in [0.25, 0.3) is 0 Å². The monoisotopic (exact) mass is 165 g/mol. The third-order valence-electron chi connectivity index (χ3n) is 1.20. The van der Waals surface area contributed by atoms with Gasteiger partial charge in [-0.05, 0) is 0 Å². The second kappa shape index (κ2) is 2.54. The van der Waals surface area contributed by atoms with Crippen molar-refractivity contribution in [2.75, 3.05) is 0 Å². The fourth-order valence-corrected chi connectivity index (χ4v) is 0.702. The number of nitrogens with two attached hydrogens (primary N) is 1. The van der Waals surface area contributed by atoms with E-state index in [0.29, 0.717) is 6.33 Å². The number of hydrogen-bond donors (Lipinski definition) is 1. The standard InChI is InChI=1S/C5H6F3N3/c6-5(7,8)11-3-10-2-4(11)1-9/h2-3H,1,9H2. The highest BCUT2D eigenvalue weighted by atomic mass is 19.4. The van der Waals surface area contributed by atoms with Gasteiger partial charge in [-0.2, -0.15) is 0 Å².